The van der Waals surface area contributed by atoms with Crippen LogP contribution in [-0.4, -0.2) is 50.7 Å². The van der Waals surface area contributed by atoms with Crippen LogP contribution in [0.1, 0.15) is 55.4 Å². The second kappa shape index (κ2) is 14.2. The van der Waals surface area contributed by atoms with Gasteiger partial charge in [-0.25, -0.2) is 13.2 Å². The molecule has 0 spiro atoms. The number of aliphatic hydroxyl groups excluding tert-OH is 1. The summed E-state index contributed by atoms with van der Waals surface area (Å²) >= 11 is 0. The van der Waals surface area contributed by atoms with Crippen molar-refractivity contribution in [2.75, 3.05) is 35.8 Å². The summed E-state index contributed by atoms with van der Waals surface area (Å²) in [5.41, 5.74) is 3.91. The first kappa shape index (κ1) is 29.5. The highest BCUT2D eigenvalue weighted by molar-refractivity contribution is 7.92. The zero-order chi connectivity index (χ0) is 28.4. The minimum atomic E-state index is -3.78. The van der Waals surface area contributed by atoms with Gasteiger partial charge in [-0.05, 0) is 73.3 Å². The van der Waals surface area contributed by atoms with E-state index < -0.39 is 16.1 Å². The van der Waals surface area contributed by atoms with Gasteiger partial charge in [-0.3, -0.25) is 14.6 Å². The van der Waals surface area contributed by atoms with Crippen LogP contribution in [0.3, 0.4) is 0 Å². The van der Waals surface area contributed by atoms with E-state index in [1.54, 1.807) is 53.7 Å². The number of anilines is 2. The highest BCUT2D eigenvalue weighted by Crippen LogP contribution is 2.31. The molecule has 0 aliphatic carbocycles. The van der Waals surface area contributed by atoms with E-state index >= 15 is 0 Å². The summed E-state index contributed by atoms with van der Waals surface area (Å²) < 4.78 is 28.8. The lowest BCUT2D eigenvalue weighted by atomic mass is 10.1. The van der Waals surface area contributed by atoms with Crippen molar-refractivity contribution in [2.24, 2.45) is 0 Å². The van der Waals surface area contributed by atoms with E-state index in [4.69, 9.17) is 0 Å². The summed E-state index contributed by atoms with van der Waals surface area (Å²) in [5.74, 6) is 0. The van der Waals surface area contributed by atoms with Crippen LogP contribution in [0.2, 0.25) is 0 Å². The Kier molecular flexibility index (Phi) is 10.5. The second-order valence-electron chi connectivity index (χ2n) is 10.0. The van der Waals surface area contributed by atoms with Crippen LogP contribution in [0.25, 0.3) is 0 Å². The number of aromatic nitrogens is 1. The van der Waals surface area contributed by atoms with Crippen LogP contribution in [-0.2, 0) is 22.9 Å². The Morgan fingerprint density at radius 1 is 1.07 bits per heavy atom. The number of fused-ring (bicyclic) bond motifs is 1. The van der Waals surface area contributed by atoms with Gasteiger partial charge in [0.25, 0.3) is 10.0 Å². The molecule has 0 fully saturated rings. The Morgan fingerprint density at radius 3 is 2.65 bits per heavy atom. The summed E-state index contributed by atoms with van der Waals surface area (Å²) in [6.45, 7) is 4.43. The van der Waals surface area contributed by atoms with Crippen molar-refractivity contribution in [2.45, 2.75) is 56.4 Å². The number of urea groups is 1. The molecule has 0 bridgehead atoms. The topological polar surface area (TPSA) is 124 Å². The van der Waals surface area contributed by atoms with Crippen LogP contribution in [0, 0.1) is 0 Å². The number of benzene rings is 2. The summed E-state index contributed by atoms with van der Waals surface area (Å²) in [5, 5.41) is 16.4. The smallest absolute Gasteiger partial charge is 0.321 e. The Hall–Kier alpha value is -3.47. The van der Waals surface area contributed by atoms with Gasteiger partial charge < -0.3 is 15.7 Å². The van der Waals surface area contributed by atoms with Crippen molar-refractivity contribution in [3.63, 3.8) is 0 Å². The molecule has 1 aliphatic heterocycles. The fourth-order valence-electron chi connectivity index (χ4n) is 4.71. The number of pyridine rings is 1. The number of carbonyl (C=O) groups excluding carboxylic acids is 1. The van der Waals surface area contributed by atoms with Gasteiger partial charge in [0.1, 0.15) is 0 Å². The van der Waals surface area contributed by atoms with Gasteiger partial charge in [0, 0.05) is 49.0 Å². The number of sulfonamides is 1. The molecule has 1 atom stereocenters. The number of nitrogens with zero attached hydrogens (tertiary/aromatic N) is 2. The average molecular weight is 566 g/mol. The van der Waals surface area contributed by atoms with Gasteiger partial charge in [0.2, 0.25) is 0 Å². The monoisotopic (exact) mass is 565 g/mol. The number of rotatable bonds is 14. The molecule has 10 heteroatoms. The number of unbranched alkanes of at least 4 members (excludes halogenated alkanes) is 3. The summed E-state index contributed by atoms with van der Waals surface area (Å²) in [7, 11) is -3.78. The Morgan fingerprint density at radius 2 is 1.90 bits per heavy atom. The van der Waals surface area contributed by atoms with Crippen molar-refractivity contribution in [1.82, 2.24) is 15.6 Å². The molecular formula is C30H39N5O4S. The van der Waals surface area contributed by atoms with E-state index in [0.717, 1.165) is 54.5 Å². The molecule has 214 valence electrons. The van der Waals surface area contributed by atoms with Crippen LogP contribution < -0.4 is 20.3 Å². The third kappa shape index (κ3) is 8.03. The predicted molar refractivity (Wildman–Crippen MR) is 158 cm³/mol. The standard InChI is InChI=1S/C30H39N5O4S/c1-2-3-4-5-17-33-30(37)35-19-15-24-20-27(12-13-28(24)35)40(38,39)34-26-10-8-23(9-11-26)14-18-32-22-29(36)25-7-6-16-31-21-25/h6-13,16,20-21,29,32,34,36H,2-5,14-15,17-19,22H2,1H3,(H,33,37). The van der Waals surface area contributed by atoms with E-state index in [1.807, 2.05) is 18.2 Å². The fraction of sp³-hybridized carbons (Fsp3) is 0.400. The molecule has 0 radical (unpaired) electrons. The molecule has 2 heterocycles. The normalized spacial score (nSPS) is 13.6. The van der Waals surface area contributed by atoms with Crippen molar-refractivity contribution >= 4 is 27.4 Å². The quantitative estimate of drug-likeness (QED) is 0.215. The van der Waals surface area contributed by atoms with Crippen molar-refractivity contribution < 1.29 is 18.3 Å². The molecule has 0 saturated carbocycles. The molecular weight excluding hydrogens is 526 g/mol. The van der Waals surface area contributed by atoms with Crippen LogP contribution in [0.15, 0.2) is 71.9 Å². The number of hydrogen-bond acceptors (Lipinski definition) is 6. The third-order valence-electron chi connectivity index (χ3n) is 7.01. The van der Waals surface area contributed by atoms with Gasteiger partial charge in [-0.1, -0.05) is 44.4 Å². The molecule has 3 aromatic rings. The maximum Gasteiger partial charge on any atom is 0.321 e. The molecule has 1 aromatic heterocycles. The second-order valence-corrected chi connectivity index (χ2v) is 11.7. The molecule has 40 heavy (non-hydrogen) atoms. The summed E-state index contributed by atoms with van der Waals surface area (Å²) in [4.78, 5) is 18.5. The first-order valence-electron chi connectivity index (χ1n) is 14.0. The van der Waals surface area contributed by atoms with Crippen molar-refractivity contribution in [3.05, 3.63) is 83.7 Å². The molecule has 2 amide bonds. The number of nitrogens with one attached hydrogen (secondary N) is 3. The van der Waals surface area contributed by atoms with E-state index in [2.05, 4.69) is 27.3 Å². The lowest BCUT2D eigenvalue weighted by molar-refractivity contribution is 0.174. The van der Waals surface area contributed by atoms with Crippen molar-refractivity contribution in [3.8, 4) is 0 Å². The highest BCUT2D eigenvalue weighted by Gasteiger charge is 2.26. The number of hydrogen-bond donors (Lipinski definition) is 4. The predicted octanol–water partition coefficient (Wildman–Crippen LogP) is 4.40. The van der Waals surface area contributed by atoms with Gasteiger partial charge in [0.05, 0.1) is 11.0 Å². The van der Waals surface area contributed by atoms with Gasteiger partial charge in [-0.2, -0.15) is 0 Å². The zero-order valence-electron chi connectivity index (χ0n) is 23.0. The SMILES string of the molecule is CCCCCCNC(=O)N1CCc2cc(S(=O)(=O)Nc3ccc(CCNCC(O)c4cccnc4)cc3)ccc21. The van der Waals surface area contributed by atoms with E-state index in [9.17, 15) is 18.3 Å². The van der Waals surface area contributed by atoms with Crippen LogP contribution in [0.5, 0.6) is 0 Å². The molecule has 4 rings (SSSR count). The Balaban J connectivity index is 1.26. The van der Waals surface area contributed by atoms with E-state index in [1.165, 1.54) is 0 Å². The van der Waals surface area contributed by atoms with Gasteiger partial charge in [0.15, 0.2) is 0 Å². The minimum Gasteiger partial charge on any atom is -0.387 e. The molecule has 4 N–H and O–H groups in total. The number of carbonyl (C=O) groups is 1. The molecule has 9 nitrogen and oxygen atoms in total. The lowest BCUT2D eigenvalue weighted by Crippen LogP contribution is -2.39. The summed E-state index contributed by atoms with van der Waals surface area (Å²) in [6, 6.07) is 15.7. The molecule has 1 aliphatic rings. The van der Waals surface area contributed by atoms with Crippen molar-refractivity contribution in [1.29, 1.82) is 0 Å². The first-order chi connectivity index (χ1) is 19.4. The fourth-order valence-corrected chi connectivity index (χ4v) is 5.82. The zero-order valence-corrected chi connectivity index (χ0v) is 23.8. The minimum absolute atomic E-state index is 0.135. The maximum atomic E-state index is 13.1. The third-order valence-corrected chi connectivity index (χ3v) is 8.39. The Bertz CT molecular complexity index is 1350. The van der Waals surface area contributed by atoms with Crippen LogP contribution >= 0.6 is 0 Å². The largest absolute Gasteiger partial charge is 0.387 e. The van der Waals surface area contributed by atoms with E-state index in [-0.39, 0.29) is 10.9 Å². The molecule has 2 aromatic carbocycles. The number of aliphatic hydroxyl groups is 1. The molecule has 0 saturated heterocycles. The summed E-state index contributed by atoms with van der Waals surface area (Å²) in [6.07, 6.45) is 8.42. The lowest BCUT2D eigenvalue weighted by Gasteiger charge is -2.18. The van der Waals surface area contributed by atoms with Gasteiger partial charge >= 0.3 is 6.03 Å². The van der Waals surface area contributed by atoms with Crippen LogP contribution in [0.4, 0.5) is 16.2 Å². The van der Waals surface area contributed by atoms with E-state index in [0.29, 0.717) is 38.3 Å². The molecule has 1 unspecified atom stereocenters. The first-order valence-corrected chi connectivity index (χ1v) is 15.4. The average Bonchev–Trinajstić information content (AvgIpc) is 3.40. The maximum absolute atomic E-state index is 13.1. The highest BCUT2D eigenvalue weighted by atomic mass is 32.2. The van der Waals surface area contributed by atoms with Gasteiger partial charge in [-0.15, -0.1) is 0 Å². The number of amides is 2. The Labute approximate surface area is 237 Å².